The molecule has 2 amide bonds. The summed E-state index contributed by atoms with van der Waals surface area (Å²) in [5, 5.41) is 1.94. The molecule has 0 bridgehead atoms. The number of alkyl halides is 3. The minimum Gasteiger partial charge on any atom is -0.457 e. The molecule has 3 aromatic rings. The van der Waals surface area contributed by atoms with E-state index in [0.29, 0.717) is 11.3 Å². The van der Waals surface area contributed by atoms with Gasteiger partial charge < -0.3 is 4.42 Å². The highest BCUT2D eigenvalue weighted by Crippen LogP contribution is 2.33. The quantitative estimate of drug-likeness (QED) is 0.261. The minimum absolute atomic E-state index is 0.111. The van der Waals surface area contributed by atoms with Gasteiger partial charge in [-0.2, -0.15) is 13.2 Å². The molecule has 0 radical (unpaired) electrons. The first-order valence-corrected chi connectivity index (χ1v) is 9.49. The molecule has 4 rings (SSSR count). The highest BCUT2D eigenvalue weighted by Gasteiger charge is 2.36. The summed E-state index contributed by atoms with van der Waals surface area (Å²) in [4.78, 5) is 26.1. The van der Waals surface area contributed by atoms with Gasteiger partial charge in [0.05, 0.1) is 11.3 Å². The molecule has 1 N–H and O–H groups in total. The molecule has 2 heterocycles. The Morgan fingerprint density at radius 2 is 1.75 bits per heavy atom. The fourth-order valence-corrected chi connectivity index (χ4v) is 3.36. The number of halogens is 4. The summed E-state index contributed by atoms with van der Waals surface area (Å²) in [5.41, 5.74) is -1.07. The van der Waals surface area contributed by atoms with E-state index in [9.17, 15) is 27.2 Å². The molecule has 0 spiro atoms. The Balaban J connectivity index is 1.68. The van der Waals surface area contributed by atoms with Crippen LogP contribution in [0.15, 0.2) is 70.7 Å². The molecule has 1 saturated heterocycles. The van der Waals surface area contributed by atoms with E-state index < -0.39 is 34.9 Å². The first-order valence-electron chi connectivity index (χ1n) is 9.08. The van der Waals surface area contributed by atoms with Crippen LogP contribution in [0.25, 0.3) is 17.4 Å². The van der Waals surface area contributed by atoms with Crippen LogP contribution in [0, 0.1) is 5.82 Å². The molecule has 0 saturated carbocycles. The Kier molecular flexibility index (Phi) is 5.39. The van der Waals surface area contributed by atoms with Crippen LogP contribution in [0.4, 0.5) is 23.2 Å². The molecular weight excluding hydrogens is 448 g/mol. The maximum atomic E-state index is 13.4. The van der Waals surface area contributed by atoms with Gasteiger partial charge in [0.1, 0.15) is 22.9 Å². The number of amides is 2. The summed E-state index contributed by atoms with van der Waals surface area (Å²) in [6.45, 7) is 0. The van der Waals surface area contributed by atoms with Gasteiger partial charge in [-0.3, -0.25) is 19.8 Å². The van der Waals surface area contributed by atoms with E-state index in [1.54, 1.807) is 6.07 Å². The Bertz CT molecular complexity index is 1280. The summed E-state index contributed by atoms with van der Waals surface area (Å²) in [6, 6.07) is 12.6. The number of hydrogen-bond acceptors (Lipinski definition) is 4. The van der Waals surface area contributed by atoms with Gasteiger partial charge in [-0.05, 0) is 60.8 Å². The second kappa shape index (κ2) is 8.04. The van der Waals surface area contributed by atoms with Crippen molar-refractivity contribution in [3.63, 3.8) is 0 Å². The van der Waals surface area contributed by atoms with Gasteiger partial charge in [0, 0.05) is 5.56 Å². The fourth-order valence-electron chi connectivity index (χ4n) is 3.08. The maximum absolute atomic E-state index is 13.4. The molecule has 1 fully saturated rings. The number of rotatable bonds is 3. The van der Waals surface area contributed by atoms with Crippen LogP contribution in [0.3, 0.4) is 0 Å². The number of carbonyl (C=O) groups excluding carboxylic acids is 2. The van der Waals surface area contributed by atoms with Gasteiger partial charge in [-0.1, -0.05) is 18.2 Å². The number of nitrogens with zero attached hydrogens (tertiary/aromatic N) is 1. The van der Waals surface area contributed by atoms with Crippen LogP contribution >= 0.6 is 12.2 Å². The summed E-state index contributed by atoms with van der Waals surface area (Å²) >= 11 is 5.00. The number of anilines is 1. The van der Waals surface area contributed by atoms with Crippen molar-refractivity contribution in [3.05, 3.63) is 83.4 Å². The first kappa shape index (κ1) is 21.4. The van der Waals surface area contributed by atoms with Crippen molar-refractivity contribution in [3.8, 4) is 11.3 Å². The van der Waals surface area contributed by atoms with Gasteiger partial charge >= 0.3 is 6.18 Å². The lowest BCUT2D eigenvalue weighted by atomic mass is 10.1. The predicted molar refractivity (Wildman–Crippen MR) is 112 cm³/mol. The van der Waals surface area contributed by atoms with E-state index in [2.05, 4.69) is 5.32 Å². The lowest BCUT2D eigenvalue weighted by molar-refractivity contribution is -0.137. The molecule has 1 aliphatic rings. The van der Waals surface area contributed by atoms with Crippen molar-refractivity contribution in [2.75, 3.05) is 4.90 Å². The molecule has 0 unspecified atom stereocenters. The van der Waals surface area contributed by atoms with E-state index in [-0.39, 0.29) is 16.6 Å². The van der Waals surface area contributed by atoms with Gasteiger partial charge in [-0.25, -0.2) is 4.39 Å². The summed E-state index contributed by atoms with van der Waals surface area (Å²) in [5.74, 6) is -1.80. The van der Waals surface area contributed by atoms with Crippen molar-refractivity contribution in [2.24, 2.45) is 0 Å². The monoisotopic (exact) mass is 460 g/mol. The predicted octanol–water partition coefficient (Wildman–Crippen LogP) is 4.94. The van der Waals surface area contributed by atoms with E-state index >= 15 is 0 Å². The largest absolute Gasteiger partial charge is 0.457 e. The van der Waals surface area contributed by atoms with Crippen molar-refractivity contribution < 1.29 is 31.6 Å². The molecule has 32 heavy (non-hydrogen) atoms. The Labute approximate surface area is 183 Å². The highest BCUT2D eigenvalue weighted by atomic mass is 32.1. The summed E-state index contributed by atoms with van der Waals surface area (Å²) < 4.78 is 58.2. The van der Waals surface area contributed by atoms with Crippen LogP contribution in [-0.2, 0) is 15.8 Å². The molecule has 10 heteroatoms. The molecule has 0 atom stereocenters. The molecule has 162 valence electrons. The van der Waals surface area contributed by atoms with Crippen LogP contribution in [0.2, 0.25) is 0 Å². The van der Waals surface area contributed by atoms with E-state index in [1.165, 1.54) is 36.4 Å². The Hall–Kier alpha value is -3.79. The van der Waals surface area contributed by atoms with E-state index in [0.717, 1.165) is 29.2 Å². The van der Waals surface area contributed by atoms with E-state index in [1.807, 2.05) is 0 Å². The zero-order valence-electron chi connectivity index (χ0n) is 15.9. The number of hydrogen-bond donors (Lipinski definition) is 1. The number of furan rings is 1. The molecule has 1 aromatic heterocycles. The van der Waals surface area contributed by atoms with Gasteiger partial charge in [0.25, 0.3) is 11.8 Å². The first-order chi connectivity index (χ1) is 15.1. The zero-order chi connectivity index (χ0) is 23.0. The van der Waals surface area contributed by atoms with Gasteiger partial charge in [0.15, 0.2) is 5.11 Å². The second-order valence-electron chi connectivity index (χ2n) is 6.72. The topological polar surface area (TPSA) is 62.6 Å². The Morgan fingerprint density at radius 3 is 2.47 bits per heavy atom. The van der Waals surface area contributed by atoms with Crippen LogP contribution in [-0.4, -0.2) is 16.9 Å². The summed E-state index contributed by atoms with van der Waals surface area (Å²) in [6.07, 6.45) is -3.48. The van der Waals surface area contributed by atoms with Crippen molar-refractivity contribution in [1.82, 2.24) is 5.32 Å². The molecular formula is C22H12F4N2O3S. The average Bonchev–Trinajstić information content (AvgIpc) is 3.19. The lowest BCUT2D eigenvalue weighted by Gasteiger charge is -2.29. The SMILES string of the molecule is O=C1NC(=S)N(c2cccc(C(F)(F)F)c2)C(=O)/C1=C/c1ccc(-c2cccc(F)c2)o1. The van der Waals surface area contributed by atoms with Crippen LogP contribution in [0.5, 0.6) is 0 Å². The number of nitrogens with one attached hydrogen (secondary N) is 1. The third-order valence-corrected chi connectivity index (χ3v) is 4.84. The number of carbonyl (C=O) groups is 2. The van der Waals surface area contributed by atoms with Crippen LogP contribution in [0.1, 0.15) is 11.3 Å². The van der Waals surface area contributed by atoms with E-state index in [4.69, 9.17) is 16.6 Å². The second-order valence-corrected chi connectivity index (χ2v) is 7.11. The average molecular weight is 460 g/mol. The third kappa shape index (κ3) is 4.17. The molecule has 1 aliphatic heterocycles. The number of thiocarbonyl (C=S) groups is 1. The van der Waals surface area contributed by atoms with Crippen molar-refractivity contribution in [2.45, 2.75) is 6.18 Å². The smallest absolute Gasteiger partial charge is 0.416 e. The third-order valence-electron chi connectivity index (χ3n) is 4.56. The normalized spacial score (nSPS) is 15.9. The molecule has 2 aromatic carbocycles. The molecule has 5 nitrogen and oxygen atoms in total. The zero-order valence-corrected chi connectivity index (χ0v) is 16.8. The summed E-state index contributed by atoms with van der Waals surface area (Å²) in [7, 11) is 0. The van der Waals surface area contributed by atoms with Crippen LogP contribution < -0.4 is 10.2 Å². The maximum Gasteiger partial charge on any atom is 0.416 e. The standard InChI is InChI=1S/C22H12F4N2O3S/c23-14-5-1-3-12(9-14)18-8-7-16(31-18)11-17-19(29)27-21(32)28(20(17)30)15-6-2-4-13(10-15)22(24,25)26/h1-11H,(H,27,29,32)/b17-11+. The van der Waals surface area contributed by atoms with Gasteiger partial charge in [-0.15, -0.1) is 0 Å². The minimum atomic E-state index is -4.63. The fraction of sp³-hybridized carbons (Fsp3) is 0.0455. The lowest BCUT2D eigenvalue weighted by Crippen LogP contribution is -2.54. The number of benzene rings is 2. The van der Waals surface area contributed by atoms with Gasteiger partial charge in [0.2, 0.25) is 0 Å². The van der Waals surface area contributed by atoms with Crippen molar-refractivity contribution in [1.29, 1.82) is 0 Å². The van der Waals surface area contributed by atoms with Crippen molar-refractivity contribution >= 4 is 40.9 Å². The Morgan fingerprint density at radius 1 is 1.00 bits per heavy atom. The molecule has 0 aliphatic carbocycles. The highest BCUT2D eigenvalue weighted by molar-refractivity contribution is 7.80.